The van der Waals surface area contributed by atoms with Crippen LogP contribution in [0.1, 0.15) is 0 Å². The van der Waals surface area contributed by atoms with Crippen LogP contribution in [0.15, 0.2) is 48.5 Å². The van der Waals surface area contributed by atoms with Gasteiger partial charge in [0.15, 0.2) is 0 Å². The van der Waals surface area contributed by atoms with Crippen molar-refractivity contribution in [3.63, 3.8) is 0 Å². The Hall–Kier alpha value is -1.97. The number of para-hydroxylation sites is 1. The molecule has 1 nitrogen and oxygen atoms in total. The zero-order valence-electron chi connectivity index (χ0n) is 8.74. The van der Waals surface area contributed by atoms with E-state index in [0.717, 1.165) is 0 Å². The maximum Gasteiger partial charge on any atom is 0.387 e. The van der Waals surface area contributed by atoms with Gasteiger partial charge in [-0.05, 0) is 23.8 Å². The molecular weight excluding hydrogens is 229 g/mol. The van der Waals surface area contributed by atoms with Gasteiger partial charge in [0.2, 0.25) is 0 Å². The number of ether oxygens (including phenoxy) is 1. The molecule has 4 heteroatoms. The average Bonchev–Trinajstić information content (AvgIpc) is 2.30. The van der Waals surface area contributed by atoms with Crippen LogP contribution in [0.4, 0.5) is 13.2 Å². The number of halogens is 3. The van der Waals surface area contributed by atoms with E-state index < -0.39 is 6.61 Å². The topological polar surface area (TPSA) is 9.23 Å². The molecule has 88 valence electrons. The molecule has 0 saturated heterocycles. The molecule has 0 aliphatic heterocycles. The zero-order valence-corrected chi connectivity index (χ0v) is 8.74. The molecular formula is C13H9F3O. The molecule has 2 rings (SSSR count). The Morgan fingerprint density at radius 2 is 1.53 bits per heavy atom. The Morgan fingerprint density at radius 3 is 2.18 bits per heavy atom. The summed E-state index contributed by atoms with van der Waals surface area (Å²) in [5.41, 5.74) is 1.13. The third-order valence-corrected chi connectivity index (χ3v) is 2.26. The quantitative estimate of drug-likeness (QED) is 0.782. The van der Waals surface area contributed by atoms with Crippen molar-refractivity contribution in [2.75, 3.05) is 0 Å². The second kappa shape index (κ2) is 4.91. The normalized spacial score (nSPS) is 10.6. The predicted octanol–water partition coefficient (Wildman–Crippen LogP) is 4.09. The van der Waals surface area contributed by atoms with Crippen LogP contribution in [0.5, 0.6) is 5.75 Å². The molecule has 2 aromatic rings. The summed E-state index contributed by atoms with van der Waals surface area (Å²) in [4.78, 5) is 0. The summed E-state index contributed by atoms with van der Waals surface area (Å²) in [7, 11) is 0. The van der Waals surface area contributed by atoms with E-state index in [0.29, 0.717) is 11.1 Å². The van der Waals surface area contributed by atoms with Gasteiger partial charge in [-0.2, -0.15) is 8.78 Å². The van der Waals surface area contributed by atoms with Crippen LogP contribution in [-0.2, 0) is 0 Å². The maximum atomic E-state index is 12.8. The molecule has 0 fully saturated rings. The van der Waals surface area contributed by atoms with E-state index in [-0.39, 0.29) is 11.6 Å². The Balaban J connectivity index is 2.40. The molecule has 2 aromatic carbocycles. The lowest BCUT2D eigenvalue weighted by Gasteiger charge is -2.10. The number of hydrogen-bond donors (Lipinski definition) is 0. The third kappa shape index (κ3) is 2.78. The summed E-state index contributed by atoms with van der Waals surface area (Å²) in [5.74, 6) is -0.296. The van der Waals surface area contributed by atoms with E-state index in [1.807, 2.05) is 0 Å². The van der Waals surface area contributed by atoms with Crippen LogP contribution in [-0.4, -0.2) is 6.61 Å². The third-order valence-electron chi connectivity index (χ3n) is 2.26. The first-order valence-corrected chi connectivity index (χ1v) is 4.96. The smallest absolute Gasteiger partial charge is 0.387 e. The van der Waals surface area contributed by atoms with Crippen molar-refractivity contribution in [1.29, 1.82) is 0 Å². The van der Waals surface area contributed by atoms with Crippen LogP contribution in [0, 0.1) is 5.82 Å². The van der Waals surface area contributed by atoms with E-state index in [4.69, 9.17) is 0 Å². The zero-order chi connectivity index (χ0) is 12.3. The summed E-state index contributed by atoms with van der Waals surface area (Å²) in [6.45, 7) is -2.88. The SMILES string of the molecule is Fc1ccc(-c2ccccc2OC(F)F)cc1. The van der Waals surface area contributed by atoms with Gasteiger partial charge in [0.05, 0.1) is 0 Å². The lowest BCUT2D eigenvalue weighted by atomic mass is 10.0. The van der Waals surface area contributed by atoms with Crippen LogP contribution in [0.3, 0.4) is 0 Å². The molecule has 0 unspecified atom stereocenters. The minimum atomic E-state index is -2.88. The molecule has 0 radical (unpaired) electrons. The Kier molecular flexibility index (Phi) is 3.32. The fourth-order valence-electron chi connectivity index (χ4n) is 1.53. The molecule has 0 saturated carbocycles. The summed E-state index contributed by atoms with van der Waals surface area (Å²) < 4.78 is 41.6. The Morgan fingerprint density at radius 1 is 0.882 bits per heavy atom. The van der Waals surface area contributed by atoms with Gasteiger partial charge in [0.25, 0.3) is 0 Å². The average molecular weight is 238 g/mol. The van der Waals surface area contributed by atoms with Crippen molar-refractivity contribution in [2.45, 2.75) is 6.61 Å². The van der Waals surface area contributed by atoms with Gasteiger partial charge in [0.1, 0.15) is 11.6 Å². The molecule has 0 aliphatic rings. The molecule has 0 N–H and O–H groups in total. The predicted molar refractivity (Wildman–Crippen MR) is 58.5 cm³/mol. The fraction of sp³-hybridized carbons (Fsp3) is 0.0769. The van der Waals surface area contributed by atoms with Crippen molar-refractivity contribution in [3.8, 4) is 16.9 Å². The number of alkyl halides is 2. The lowest BCUT2D eigenvalue weighted by Crippen LogP contribution is -2.02. The Bertz CT molecular complexity index is 494. The molecule has 0 atom stereocenters. The van der Waals surface area contributed by atoms with Crippen LogP contribution < -0.4 is 4.74 Å². The highest BCUT2D eigenvalue weighted by Gasteiger charge is 2.10. The minimum absolute atomic E-state index is 0.0779. The number of hydrogen-bond acceptors (Lipinski definition) is 1. The van der Waals surface area contributed by atoms with Gasteiger partial charge in [-0.25, -0.2) is 4.39 Å². The van der Waals surface area contributed by atoms with Gasteiger partial charge in [-0.3, -0.25) is 0 Å². The van der Waals surface area contributed by atoms with Crippen LogP contribution in [0.2, 0.25) is 0 Å². The Labute approximate surface area is 96.5 Å². The van der Waals surface area contributed by atoms with E-state index in [1.165, 1.54) is 30.3 Å². The standard InChI is InChI=1S/C13H9F3O/c14-10-7-5-9(6-8-10)11-3-1-2-4-12(11)17-13(15)16/h1-8,13H. The fourth-order valence-corrected chi connectivity index (χ4v) is 1.53. The van der Waals surface area contributed by atoms with E-state index in [9.17, 15) is 13.2 Å². The van der Waals surface area contributed by atoms with Crippen LogP contribution in [0.25, 0.3) is 11.1 Å². The highest BCUT2D eigenvalue weighted by atomic mass is 19.3. The minimum Gasteiger partial charge on any atom is -0.434 e. The van der Waals surface area contributed by atoms with Crippen molar-refractivity contribution in [2.24, 2.45) is 0 Å². The monoisotopic (exact) mass is 238 g/mol. The second-order valence-corrected chi connectivity index (χ2v) is 3.38. The van der Waals surface area contributed by atoms with Gasteiger partial charge in [-0.15, -0.1) is 0 Å². The molecule has 0 heterocycles. The van der Waals surface area contributed by atoms with E-state index in [1.54, 1.807) is 18.2 Å². The van der Waals surface area contributed by atoms with Crippen molar-refractivity contribution >= 4 is 0 Å². The van der Waals surface area contributed by atoms with Gasteiger partial charge in [-0.1, -0.05) is 30.3 Å². The summed E-state index contributed by atoms with van der Waals surface area (Å²) in [5, 5.41) is 0. The lowest BCUT2D eigenvalue weighted by molar-refractivity contribution is -0.0494. The highest BCUT2D eigenvalue weighted by molar-refractivity contribution is 5.70. The molecule has 0 amide bonds. The largest absolute Gasteiger partial charge is 0.434 e. The summed E-state index contributed by atoms with van der Waals surface area (Å²) >= 11 is 0. The molecule has 0 bridgehead atoms. The molecule has 0 spiro atoms. The summed E-state index contributed by atoms with van der Waals surface area (Å²) in [6, 6.07) is 12.0. The molecule has 17 heavy (non-hydrogen) atoms. The van der Waals surface area contributed by atoms with Crippen molar-refractivity contribution < 1.29 is 17.9 Å². The highest BCUT2D eigenvalue weighted by Crippen LogP contribution is 2.30. The van der Waals surface area contributed by atoms with E-state index in [2.05, 4.69) is 4.74 Å². The number of benzene rings is 2. The first-order chi connectivity index (χ1) is 8.16. The van der Waals surface area contributed by atoms with Gasteiger partial charge >= 0.3 is 6.61 Å². The molecule has 0 aromatic heterocycles. The number of rotatable bonds is 3. The van der Waals surface area contributed by atoms with Crippen molar-refractivity contribution in [3.05, 3.63) is 54.3 Å². The maximum absolute atomic E-state index is 12.8. The second-order valence-electron chi connectivity index (χ2n) is 3.38. The summed E-state index contributed by atoms with van der Waals surface area (Å²) in [6.07, 6.45) is 0. The van der Waals surface area contributed by atoms with Gasteiger partial charge < -0.3 is 4.74 Å². The van der Waals surface area contributed by atoms with Crippen molar-refractivity contribution in [1.82, 2.24) is 0 Å². The van der Waals surface area contributed by atoms with Gasteiger partial charge in [0, 0.05) is 5.56 Å². The first-order valence-electron chi connectivity index (χ1n) is 4.96. The first kappa shape index (κ1) is 11.5. The molecule has 0 aliphatic carbocycles. The van der Waals surface area contributed by atoms with Crippen LogP contribution >= 0.6 is 0 Å². The van der Waals surface area contributed by atoms with E-state index >= 15 is 0 Å².